The largest absolute Gasteiger partial charge is 0.313 e. The van der Waals surface area contributed by atoms with E-state index in [-0.39, 0.29) is 0 Å². The van der Waals surface area contributed by atoms with Crippen LogP contribution in [0.25, 0.3) is 0 Å². The zero-order valence-electron chi connectivity index (χ0n) is 12.1. The Hall–Kier alpha value is -1.08. The van der Waals surface area contributed by atoms with Gasteiger partial charge in [-0.15, -0.1) is 0 Å². The van der Waals surface area contributed by atoms with Gasteiger partial charge < -0.3 is 5.32 Å². The van der Waals surface area contributed by atoms with Crippen molar-refractivity contribution < 1.29 is 0 Å². The second-order valence-electron chi connectivity index (χ2n) is 6.07. The van der Waals surface area contributed by atoms with Crippen LogP contribution in [0, 0.1) is 5.41 Å². The number of nitrogens with one attached hydrogen (secondary N) is 1. The van der Waals surface area contributed by atoms with Crippen LogP contribution < -0.4 is 5.32 Å². The lowest BCUT2D eigenvalue weighted by molar-refractivity contribution is 0.442. The molecule has 0 radical (unpaired) electrons. The molecule has 1 unspecified atom stereocenters. The number of benzene rings is 1. The summed E-state index contributed by atoms with van der Waals surface area (Å²) >= 11 is 0. The minimum Gasteiger partial charge on any atom is -0.313 e. The van der Waals surface area contributed by atoms with E-state index in [1.54, 1.807) is 11.1 Å². The van der Waals surface area contributed by atoms with Gasteiger partial charge in [-0.05, 0) is 44.2 Å². The summed E-state index contributed by atoms with van der Waals surface area (Å²) in [6, 6.07) is 11.2. The fourth-order valence-corrected chi connectivity index (χ4v) is 2.89. The lowest BCUT2D eigenvalue weighted by Gasteiger charge is -2.21. The third kappa shape index (κ3) is 2.67. The van der Waals surface area contributed by atoms with Crippen LogP contribution in [0.1, 0.15) is 51.6 Å². The van der Waals surface area contributed by atoms with Gasteiger partial charge in [-0.3, -0.25) is 0 Å². The smallest absolute Gasteiger partial charge is 0.0355 e. The minimum absolute atomic E-state index is 0.407. The van der Waals surface area contributed by atoms with E-state index < -0.39 is 0 Å². The van der Waals surface area contributed by atoms with Gasteiger partial charge in [0.1, 0.15) is 0 Å². The standard InChI is InChI=1S/C17H25N/c1-13-15(10-11-17(13,2)3)12-16(18-4)14-8-6-5-7-9-14/h5-9,16,18H,10-12H2,1-4H3. The summed E-state index contributed by atoms with van der Waals surface area (Å²) in [6.45, 7) is 7.05. The fraction of sp³-hybridized carbons (Fsp3) is 0.529. The molecule has 0 saturated heterocycles. The molecule has 0 fully saturated rings. The van der Waals surface area contributed by atoms with Crippen molar-refractivity contribution in [1.29, 1.82) is 0 Å². The first kappa shape index (κ1) is 13.4. The Balaban J connectivity index is 2.16. The summed E-state index contributed by atoms with van der Waals surface area (Å²) in [5.41, 5.74) is 5.07. The molecule has 0 bridgehead atoms. The zero-order chi connectivity index (χ0) is 13.2. The van der Waals surface area contributed by atoms with Gasteiger partial charge in [0.2, 0.25) is 0 Å². The Morgan fingerprint density at radius 3 is 2.39 bits per heavy atom. The van der Waals surface area contributed by atoms with Gasteiger partial charge >= 0.3 is 0 Å². The van der Waals surface area contributed by atoms with Crippen LogP contribution in [-0.2, 0) is 0 Å². The highest BCUT2D eigenvalue weighted by Crippen LogP contribution is 2.44. The van der Waals surface area contributed by atoms with E-state index in [4.69, 9.17) is 0 Å². The van der Waals surface area contributed by atoms with Gasteiger partial charge in [0.25, 0.3) is 0 Å². The molecule has 1 aromatic carbocycles. The molecule has 1 nitrogen and oxygen atoms in total. The Morgan fingerprint density at radius 1 is 1.22 bits per heavy atom. The van der Waals surface area contributed by atoms with E-state index in [9.17, 15) is 0 Å². The molecule has 0 saturated carbocycles. The Bertz CT molecular complexity index is 428. The molecule has 1 heteroatoms. The first-order valence-corrected chi connectivity index (χ1v) is 6.96. The highest BCUT2D eigenvalue weighted by molar-refractivity contribution is 5.28. The highest BCUT2D eigenvalue weighted by atomic mass is 14.9. The third-order valence-corrected chi connectivity index (χ3v) is 4.60. The first-order chi connectivity index (χ1) is 8.54. The fourth-order valence-electron chi connectivity index (χ4n) is 2.89. The van der Waals surface area contributed by atoms with Crippen molar-refractivity contribution in [2.24, 2.45) is 5.41 Å². The van der Waals surface area contributed by atoms with E-state index in [2.05, 4.69) is 63.5 Å². The second-order valence-corrected chi connectivity index (χ2v) is 6.07. The van der Waals surface area contributed by atoms with Crippen molar-refractivity contribution in [2.45, 2.75) is 46.1 Å². The quantitative estimate of drug-likeness (QED) is 0.769. The van der Waals surface area contributed by atoms with Gasteiger partial charge in [-0.25, -0.2) is 0 Å². The Morgan fingerprint density at radius 2 is 1.89 bits per heavy atom. The maximum absolute atomic E-state index is 3.46. The average Bonchev–Trinajstić information content (AvgIpc) is 2.63. The van der Waals surface area contributed by atoms with Crippen molar-refractivity contribution in [2.75, 3.05) is 7.05 Å². The van der Waals surface area contributed by atoms with Crippen molar-refractivity contribution in [3.63, 3.8) is 0 Å². The predicted octanol–water partition coefficient (Wildman–Crippen LogP) is 4.47. The summed E-state index contributed by atoms with van der Waals surface area (Å²) in [4.78, 5) is 0. The second kappa shape index (κ2) is 5.27. The van der Waals surface area contributed by atoms with E-state index in [1.807, 2.05) is 0 Å². The maximum atomic E-state index is 3.46. The first-order valence-electron chi connectivity index (χ1n) is 6.96. The zero-order valence-corrected chi connectivity index (χ0v) is 12.1. The van der Waals surface area contributed by atoms with Gasteiger partial charge in [-0.1, -0.05) is 55.3 Å². The monoisotopic (exact) mass is 243 g/mol. The van der Waals surface area contributed by atoms with Crippen molar-refractivity contribution in [3.8, 4) is 0 Å². The van der Waals surface area contributed by atoms with E-state index in [0.717, 1.165) is 6.42 Å². The maximum Gasteiger partial charge on any atom is 0.0355 e. The molecule has 0 aromatic heterocycles. The summed E-state index contributed by atoms with van der Waals surface area (Å²) in [5, 5.41) is 3.46. The minimum atomic E-state index is 0.407. The molecule has 0 heterocycles. The van der Waals surface area contributed by atoms with Crippen LogP contribution in [0.3, 0.4) is 0 Å². The molecule has 2 rings (SSSR count). The highest BCUT2D eigenvalue weighted by Gasteiger charge is 2.30. The van der Waals surface area contributed by atoms with E-state index in [0.29, 0.717) is 11.5 Å². The molecule has 0 aliphatic heterocycles. The number of allylic oxidation sites excluding steroid dienone is 1. The Kier molecular flexibility index (Phi) is 3.91. The number of rotatable bonds is 4. The summed E-state index contributed by atoms with van der Waals surface area (Å²) < 4.78 is 0. The molecule has 1 aliphatic carbocycles. The van der Waals surface area contributed by atoms with Crippen LogP contribution in [0.2, 0.25) is 0 Å². The van der Waals surface area contributed by atoms with Gasteiger partial charge in [0.15, 0.2) is 0 Å². The lowest BCUT2D eigenvalue weighted by Crippen LogP contribution is -2.17. The van der Waals surface area contributed by atoms with Crippen molar-refractivity contribution in [1.82, 2.24) is 5.32 Å². The summed E-state index contributed by atoms with van der Waals surface area (Å²) in [5.74, 6) is 0. The average molecular weight is 243 g/mol. The van der Waals surface area contributed by atoms with Gasteiger partial charge in [0, 0.05) is 6.04 Å². The molecule has 1 N–H and O–H groups in total. The Labute approximate surface area is 111 Å². The SMILES string of the molecule is CNC(CC1=C(C)C(C)(C)CC1)c1ccccc1. The number of hydrogen-bond acceptors (Lipinski definition) is 1. The summed E-state index contributed by atoms with van der Waals surface area (Å²) in [6.07, 6.45) is 3.72. The van der Waals surface area contributed by atoms with E-state index in [1.165, 1.54) is 18.4 Å². The van der Waals surface area contributed by atoms with Gasteiger partial charge in [0.05, 0.1) is 0 Å². The normalized spacial score (nSPS) is 20.2. The molecule has 1 aliphatic rings. The predicted molar refractivity (Wildman–Crippen MR) is 78.6 cm³/mol. The van der Waals surface area contributed by atoms with E-state index >= 15 is 0 Å². The molecule has 98 valence electrons. The lowest BCUT2D eigenvalue weighted by atomic mass is 9.86. The molecular formula is C17H25N. The molecule has 1 aromatic rings. The molecule has 0 spiro atoms. The van der Waals surface area contributed by atoms with Crippen LogP contribution in [-0.4, -0.2) is 7.05 Å². The third-order valence-electron chi connectivity index (χ3n) is 4.60. The molecule has 1 atom stereocenters. The molecule has 0 amide bonds. The number of hydrogen-bond donors (Lipinski definition) is 1. The van der Waals surface area contributed by atoms with Gasteiger partial charge in [-0.2, -0.15) is 0 Å². The topological polar surface area (TPSA) is 12.0 Å². The van der Waals surface area contributed by atoms with Crippen LogP contribution in [0.15, 0.2) is 41.5 Å². The van der Waals surface area contributed by atoms with Crippen molar-refractivity contribution in [3.05, 3.63) is 47.0 Å². The van der Waals surface area contributed by atoms with Crippen LogP contribution in [0.4, 0.5) is 0 Å². The van der Waals surface area contributed by atoms with Crippen LogP contribution in [0.5, 0.6) is 0 Å². The summed E-state index contributed by atoms with van der Waals surface area (Å²) in [7, 11) is 2.06. The molecule has 18 heavy (non-hydrogen) atoms. The van der Waals surface area contributed by atoms with Crippen molar-refractivity contribution >= 4 is 0 Å². The molecular weight excluding hydrogens is 218 g/mol. The van der Waals surface area contributed by atoms with Crippen LogP contribution >= 0.6 is 0 Å².